The highest BCUT2D eigenvalue weighted by molar-refractivity contribution is 9.10. The van der Waals surface area contributed by atoms with Crippen LogP contribution in [0.15, 0.2) is 16.6 Å². The van der Waals surface area contributed by atoms with Gasteiger partial charge in [-0.1, -0.05) is 29.8 Å². The molecule has 3 nitrogen and oxygen atoms in total. The molecule has 2 rings (SSSR count). The van der Waals surface area contributed by atoms with Crippen molar-refractivity contribution < 1.29 is 14.6 Å². The lowest BCUT2D eigenvalue weighted by molar-refractivity contribution is 0.199. The zero-order valence-electron chi connectivity index (χ0n) is 12.4. The third-order valence-electron chi connectivity index (χ3n) is 3.97. The molecule has 0 heterocycles. The lowest BCUT2D eigenvalue weighted by Gasteiger charge is -2.26. The van der Waals surface area contributed by atoms with E-state index in [1.54, 1.807) is 7.11 Å². The fourth-order valence-corrected chi connectivity index (χ4v) is 3.44. The monoisotopic (exact) mass is 342 g/mol. The highest BCUT2D eigenvalue weighted by atomic mass is 79.9. The minimum Gasteiger partial charge on any atom is -0.493 e. The average molecular weight is 343 g/mol. The van der Waals surface area contributed by atoms with Gasteiger partial charge >= 0.3 is 0 Å². The molecule has 4 heteroatoms. The number of hydrogen-bond donors (Lipinski definition) is 1. The van der Waals surface area contributed by atoms with E-state index in [2.05, 4.69) is 15.9 Å². The van der Waals surface area contributed by atoms with Crippen molar-refractivity contribution in [1.82, 2.24) is 0 Å². The molecule has 0 bridgehead atoms. The summed E-state index contributed by atoms with van der Waals surface area (Å²) in [5.41, 5.74) is 0.702. The lowest BCUT2D eigenvalue weighted by atomic mass is 9.85. The predicted octanol–water partition coefficient (Wildman–Crippen LogP) is 4.05. The molecule has 1 saturated carbocycles. The SMILES string of the molecule is COc1cc(C(C)(C)CO)c(Br)cc1OC1CCCC1. The second-order valence-electron chi connectivity index (χ2n) is 6.05. The highest BCUT2D eigenvalue weighted by Crippen LogP contribution is 2.40. The van der Waals surface area contributed by atoms with E-state index >= 15 is 0 Å². The molecule has 0 atom stereocenters. The number of ether oxygens (including phenoxy) is 2. The minimum atomic E-state index is -0.321. The van der Waals surface area contributed by atoms with E-state index in [1.165, 1.54) is 12.8 Å². The van der Waals surface area contributed by atoms with Gasteiger partial charge < -0.3 is 14.6 Å². The Morgan fingerprint density at radius 2 is 1.90 bits per heavy atom. The second-order valence-corrected chi connectivity index (χ2v) is 6.90. The molecular weight excluding hydrogens is 320 g/mol. The van der Waals surface area contributed by atoms with Gasteiger partial charge in [-0.2, -0.15) is 0 Å². The van der Waals surface area contributed by atoms with Crippen LogP contribution in [0.5, 0.6) is 11.5 Å². The summed E-state index contributed by atoms with van der Waals surface area (Å²) in [6.07, 6.45) is 5.01. The summed E-state index contributed by atoms with van der Waals surface area (Å²) >= 11 is 3.59. The molecule has 0 amide bonds. The van der Waals surface area contributed by atoms with Crippen LogP contribution in [0, 0.1) is 0 Å². The second kappa shape index (κ2) is 6.35. The Balaban J connectivity index is 2.31. The van der Waals surface area contributed by atoms with Crippen molar-refractivity contribution in [3.05, 3.63) is 22.2 Å². The zero-order chi connectivity index (χ0) is 14.8. The van der Waals surface area contributed by atoms with E-state index in [0.29, 0.717) is 6.10 Å². The largest absolute Gasteiger partial charge is 0.493 e. The van der Waals surface area contributed by atoms with Crippen LogP contribution in [0.1, 0.15) is 45.1 Å². The van der Waals surface area contributed by atoms with Gasteiger partial charge in [0.15, 0.2) is 11.5 Å². The van der Waals surface area contributed by atoms with Crippen LogP contribution in [-0.2, 0) is 5.41 Å². The molecule has 0 aromatic heterocycles. The number of benzene rings is 1. The number of methoxy groups -OCH3 is 1. The molecule has 112 valence electrons. The third-order valence-corrected chi connectivity index (χ3v) is 4.63. The molecular formula is C16H23BrO3. The number of aliphatic hydroxyl groups excluding tert-OH is 1. The van der Waals surface area contributed by atoms with Gasteiger partial charge in [-0.15, -0.1) is 0 Å². The maximum atomic E-state index is 9.54. The van der Waals surface area contributed by atoms with Gasteiger partial charge in [-0.3, -0.25) is 0 Å². The van der Waals surface area contributed by atoms with E-state index < -0.39 is 0 Å². The molecule has 1 aromatic rings. The van der Waals surface area contributed by atoms with Gasteiger partial charge in [-0.05, 0) is 43.4 Å². The first-order valence-corrected chi connectivity index (χ1v) is 7.93. The molecule has 1 aromatic carbocycles. The summed E-state index contributed by atoms with van der Waals surface area (Å²) in [5.74, 6) is 1.51. The van der Waals surface area contributed by atoms with Crippen molar-refractivity contribution in [1.29, 1.82) is 0 Å². The summed E-state index contributed by atoms with van der Waals surface area (Å²) < 4.78 is 12.5. The normalized spacial score (nSPS) is 16.4. The molecule has 1 N–H and O–H groups in total. The molecule has 0 unspecified atom stereocenters. The van der Waals surface area contributed by atoms with Crippen LogP contribution in [0.25, 0.3) is 0 Å². The summed E-state index contributed by atoms with van der Waals surface area (Å²) in [4.78, 5) is 0. The maximum Gasteiger partial charge on any atom is 0.162 e. The molecule has 0 aliphatic heterocycles. The van der Waals surface area contributed by atoms with E-state index in [4.69, 9.17) is 9.47 Å². The summed E-state index contributed by atoms with van der Waals surface area (Å²) in [6, 6.07) is 3.93. The van der Waals surface area contributed by atoms with Crippen LogP contribution in [0.4, 0.5) is 0 Å². The van der Waals surface area contributed by atoms with Crippen LogP contribution >= 0.6 is 15.9 Å². The van der Waals surface area contributed by atoms with Gasteiger partial charge in [0.05, 0.1) is 19.8 Å². The van der Waals surface area contributed by atoms with Crippen molar-refractivity contribution in [2.75, 3.05) is 13.7 Å². The van der Waals surface area contributed by atoms with Gasteiger partial charge in [0, 0.05) is 9.89 Å². The Morgan fingerprint density at radius 1 is 1.25 bits per heavy atom. The molecule has 0 spiro atoms. The van der Waals surface area contributed by atoms with Crippen LogP contribution < -0.4 is 9.47 Å². The molecule has 0 radical (unpaired) electrons. The lowest BCUT2D eigenvalue weighted by Crippen LogP contribution is -2.23. The maximum absolute atomic E-state index is 9.54. The fourth-order valence-electron chi connectivity index (χ4n) is 2.58. The Kier molecular flexibility index (Phi) is 4.97. The van der Waals surface area contributed by atoms with Crippen LogP contribution in [0.3, 0.4) is 0 Å². The Labute approximate surface area is 129 Å². The molecule has 20 heavy (non-hydrogen) atoms. The number of halogens is 1. The molecule has 1 aliphatic carbocycles. The van der Waals surface area contributed by atoms with Gasteiger partial charge in [0.1, 0.15) is 0 Å². The smallest absolute Gasteiger partial charge is 0.162 e. The first-order valence-electron chi connectivity index (χ1n) is 7.13. The Hall–Kier alpha value is -0.740. The summed E-state index contributed by atoms with van der Waals surface area (Å²) in [5, 5.41) is 9.54. The first-order chi connectivity index (χ1) is 9.47. The highest BCUT2D eigenvalue weighted by Gasteiger charge is 2.26. The fraction of sp³-hybridized carbons (Fsp3) is 0.625. The average Bonchev–Trinajstić information content (AvgIpc) is 2.91. The number of rotatable bonds is 5. The number of aliphatic hydroxyl groups is 1. The van der Waals surface area contributed by atoms with Crippen molar-refractivity contribution in [2.24, 2.45) is 0 Å². The third kappa shape index (κ3) is 3.29. The predicted molar refractivity (Wildman–Crippen MR) is 83.7 cm³/mol. The van der Waals surface area contributed by atoms with Gasteiger partial charge in [-0.25, -0.2) is 0 Å². The summed E-state index contributed by atoms with van der Waals surface area (Å²) in [7, 11) is 1.65. The number of hydrogen-bond acceptors (Lipinski definition) is 3. The van der Waals surface area contributed by atoms with Crippen molar-refractivity contribution in [2.45, 2.75) is 51.0 Å². The van der Waals surface area contributed by atoms with Crippen LogP contribution in [-0.4, -0.2) is 24.9 Å². The first kappa shape index (κ1) is 15.6. The van der Waals surface area contributed by atoms with E-state index in [1.807, 2.05) is 26.0 Å². The van der Waals surface area contributed by atoms with E-state index in [0.717, 1.165) is 34.4 Å². The molecule has 1 fully saturated rings. The topological polar surface area (TPSA) is 38.7 Å². The quantitative estimate of drug-likeness (QED) is 0.877. The van der Waals surface area contributed by atoms with Crippen LogP contribution in [0.2, 0.25) is 0 Å². The molecule has 1 aliphatic rings. The zero-order valence-corrected chi connectivity index (χ0v) is 14.0. The minimum absolute atomic E-state index is 0.0809. The Bertz CT molecular complexity index is 465. The van der Waals surface area contributed by atoms with Crippen molar-refractivity contribution in [3.8, 4) is 11.5 Å². The standard InChI is InChI=1S/C16H23BrO3/c1-16(2,10-18)12-8-14(19-3)15(9-13(12)17)20-11-6-4-5-7-11/h8-9,11,18H,4-7,10H2,1-3H3. The van der Waals surface area contributed by atoms with Crippen molar-refractivity contribution >= 4 is 15.9 Å². The Morgan fingerprint density at radius 3 is 2.45 bits per heavy atom. The van der Waals surface area contributed by atoms with Gasteiger partial charge in [0.2, 0.25) is 0 Å². The van der Waals surface area contributed by atoms with Gasteiger partial charge in [0.25, 0.3) is 0 Å². The van der Waals surface area contributed by atoms with E-state index in [-0.39, 0.29) is 12.0 Å². The van der Waals surface area contributed by atoms with Crippen molar-refractivity contribution in [3.63, 3.8) is 0 Å². The van der Waals surface area contributed by atoms with E-state index in [9.17, 15) is 5.11 Å². The molecule has 0 saturated heterocycles. The summed E-state index contributed by atoms with van der Waals surface area (Å²) in [6.45, 7) is 4.09.